The third-order valence-corrected chi connectivity index (χ3v) is 5.35. The second-order valence-electron chi connectivity index (χ2n) is 7.33. The van der Waals surface area contributed by atoms with Gasteiger partial charge in [0.1, 0.15) is 5.75 Å². The van der Waals surface area contributed by atoms with Gasteiger partial charge in [0, 0.05) is 37.8 Å². The van der Waals surface area contributed by atoms with Crippen LogP contribution in [0.15, 0.2) is 42.5 Å². The Labute approximate surface area is 166 Å². The highest BCUT2D eigenvalue weighted by Gasteiger charge is 2.37. The molecule has 0 aromatic heterocycles. The third-order valence-electron chi connectivity index (χ3n) is 5.35. The smallest absolute Gasteiger partial charge is 0.406 e. The second-order valence-corrected chi connectivity index (χ2v) is 7.33. The third kappa shape index (κ3) is 4.23. The number of nitrogens with one attached hydrogen (secondary N) is 1. The summed E-state index contributed by atoms with van der Waals surface area (Å²) in [5, 5.41) is 3.37. The molecule has 2 aliphatic rings. The van der Waals surface area contributed by atoms with Crippen LogP contribution in [-0.2, 0) is 11.3 Å². The Balaban J connectivity index is 1.54. The van der Waals surface area contributed by atoms with Crippen LogP contribution in [0.4, 0.5) is 13.2 Å². The molecule has 2 aromatic rings. The number of ether oxygens (including phenoxy) is 2. The number of hydrogen-bond acceptors (Lipinski definition) is 4. The Morgan fingerprint density at radius 2 is 1.97 bits per heavy atom. The van der Waals surface area contributed by atoms with Gasteiger partial charge in [0.25, 0.3) is 5.91 Å². The van der Waals surface area contributed by atoms with Gasteiger partial charge in [-0.1, -0.05) is 24.3 Å². The number of amides is 1. The van der Waals surface area contributed by atoms with Gasteiger partial charge in [0.05, 0.1) is 6.61 Å². The molecule has 0 radical (unpaired) electrons. The van der Waals surface area contributed by atoms with Gasteiger partial charge in [-0.2, -0.15) is 0 Å². The van der Waals surface area contributed by atoms with E-state index in [0.717, 1.165) is 18.5 Å². The van der Waals surface area contributed by atoms with E-state index < -0.39 is 6.36 Å². The van der Waals surface area contributed by atoms with Crippen molar-refractivity contribution in [2.75, 3.05) is 20.3 Å². The minimum Gasteiger partial charge on any atom is -0.406 e. The molecule has 2 aromatic carbocycles. The molecular weight excluding hydrogens is 385 g/mol. The lowest BCUT2D eigenvalue weighted by Crippen LogP contribution is -2.36. The molecule has 0 spiro atoms. The molecule has 1 saturated heterocycles. The van der Waals surface area contributed by atoms with Crippen LogP contribution in [0, 0.1) is 0 Å². The van der Waals surface area contributed by atoms with Crippen LogP contribution in [0.25, 0.3) is 11.1 Å². The number of fused-ring (bicyclic) bond motifs is 1. The molecule has 1 fully saturated rings. The average Bonchev–Trinajstić information content (AvgIpc) is 3.25. The summed E-state index contributed by atoms with van der Waals surface area (Å²) in [6.07, 6.45) is -3.92. The number of nitrogens with zero attached hydrogens (tertiary/aromatic N) is 1. The van der Waals surface area contributed by atoms with Crippen molar-refractivity contribution >= 4 is 5.91 Å². The van der Waals surface area contributed by atoms with Crippen LogP contribution in [0.5, 0.6) is 5.75 Å². The number of rotatable bonds is 5. The van der Waals surface area contributed by atoms with Crippen LogP contribution in [0.2, 0.25) is 0 Å². The van der Waals surface area contributed by atoms with Crippen LogP contribution >= 0.6 is 0 Å². The van der Waals surface area contributed by atoms with Gasteiger partial charge in [0.2, 0.25) is 0 Å². The van der Waals surface area contributed by atoms with E-state index in [1.807, 2.05) is 17.0 Å². The van der Waals surface area contributed by atoms with Gasteiger partial charge in [-0.3, -0.25) is 4.79 Å². The highest BCUT2D eigenvalue weighted by molar-refractivity contribution is 5.99. The minimum atomic E-state index is -4.75. The molecule has 2 aliphatic heterocycles. The molecule has 2 heterocycles. The lowest BCUT2D eigenvalue weighted by molar-refractivity contribution is -0.274. The fraction of sp³-hybridized carbons (Fsp3) is 0.381. The normalized spacial score (nSPS) is 21.5. The van der Waals surface area contributed by atoms with Crippen molar-refractivity contribution in [2.45, 2.75) is 31.4 Å². The van der Waals surface area contributed by atoms with Crippen molar-refractivity contribution < 1.29 is 27.4 Å². The summed E-state index contributed by atoms with van der Waals surface area (Å²) < 4.78 is 46.6. The molecule has 0 unspecified atom stereocenters. The Bertz CT molecular complexity index is 916. The summed E-state index contributed by atoms with van der Waals surface area (Å²) >= 11 is 0. The Morgan fingerprint density at radius 1 is 1.17 bits per heavy atom. The van der Waals surface area contributed by atoms with Gasteiger partial charge in [0.15, 0.2) is 0 Å². The molecule has 0 aliphatic carbocycles. The monoisotopic (exact) mass is 406 g/mol. The first-order valence-electron chi connectivity index (χ1n) is 9.36. The van der Waals surface area contributed by atoms with Crippen molar-refractivity contribution in [2.24, 2.45) is 0 Å². The minimum absolute atomic E-state index is 0.0468. The molecule has 5 nitrogen and oxygen atoms in total. The maximum absolute atomic E-state index is 13.0. The number of halogens is 3. The van der Waals surface area contributed by atoms with Crippen molar-refractivity contribution in [1.29, 1.82) is 0 Å². The van der Waals surface area contributed by atoms with E-state index in [0.29, 0.717) is 29.8 Å². The van der Waals surface area contributed by atoms with Crippen LogP contribution in [0.3, 0.4) is 0 Å². The zero-order valence-corrected chi connectivity index (χ0v) is 15.8. The van der Waals surface area contributed by atoms with Crippen molar-refractivity contribution in [1.82, 2.24) is 10.2 Å². The SMILES string of the molecule is COC[C@@H]1C[C@@H](N2Cc3ccc(-c4cccc(OC(F)(F)F)c4)cc3C2=O)CN1. The quantitative estimate of drug-likeness (QED) is 0.825. The molecule has 2 atom stereocenters. The van der Waals surface area contributed by atoms with Gasteiger partial charge in [-0.05, 0) is 41.3 Å². The first kappa shape index (κ1) is 19.7. The van der Waals surface area contributed by atoms with E-state index in [-0.39, 0.29) is 23.7 Å². The van der Waals surface area contributed by atoms with E-state index in [1.54, 1.807) is 19.2 Å². The highest BCUT2D eigenvalue weighted by Crippen LogP contribution is 2.33. The zero-order valence-electron chi connectivity index (χ0n) is 15.8. The summed E-state index contributed by atoms with van der Waals surface area (Å²) in [6, 6.07) is 11.5. The molecule has 154 valence electrons. The topological polar surface area (TPSA) is 50.8 Å². The molecule has 4 rings (SSSR count). The first-order valence-corrected chi connectivity index (χ1v) is 9.36. The summed E-state index contributed by atoms with van der Waals surface area (Å²) in [7, 11) is 1.65. The van der Waals surface area contributed by atoms with E-state index in [9.17, 15) is 18.0 Å². The molecule has 1 N–H and O–H groups in total. The summed E-state index contributed by atoms with van der Waals surface area (Å²) in [5.74, 6) is -0.334. The summed E-state index contributed by atoms with van der Waals surface area (Å²) in [6.45, 7) is 1.86. The maximum atomic E-state index is 13.0. The van der Waals surface area contributed by atoms with E-state index in [2.05, 4.69) is 10.1 Å². The van der Waals surface area contributed by atoms with Gasteiger partial charge < -0.3 is 19.7 Å². The van der Waals surface area contributed by atoms with E-state index in [4.69, 9.17) is 4.74 Å². The van der Waals surface area contributed by atoms with Gasteiger partial charge in [-0.15, -0.1) is 13.2 Å². The number of carbonyl (C=O) groups excluding carboxylic acids is 1. The summed E-state index contributed by atoms with van der Waals surface area (Å²) in [5.41, 5.74) is 2.76. The van der Waals surface area contributed by atoms with Crippen molar-refractivity contribution in [3.8, 4) is 16.9 Å². The van der Waals surface area contributed by atoms with Crippen LogP contribution in [-0.4, -0.2) is 49.5 Å². The summed E-state index contributed by atoms with van der Waals surface area (Å²) in [4.78, 5) is 14.8. The largest absolute Gasteiger partial charge is 0.573 e. The fourth-order valence-electron chi connectivity index (χ4n) is 4.03. The maximum Gasteiger partial charge on any atom is 0.573 e. The molecule has 0 bridgehead atoms. The number of alkyl halides is 3. The van der Waals surface area contributed by atoms with Gasteiger partial charge >= 0.3 is 6.36 Å². The van der Waals surface area contributed by atoms with E-state index >= 15 is 0 Å². The zero-order chi connectivity index (χ0) is 20.6. The van der Waals surface area contributed by atoms with E-state index in [1.165, 1.54) is 18.2 Å². The number of benzene rings is 2. The predicted octanol–water partition coefficient (Wildman–Crippen LogP) is 3.58. The first-order chi connectivity index (χ1) is 13.8. The molecule has 29 heavy (non-hydrogen) atoms. The average molecular weight is 406 g/mol. The fourth-order valence-corrected chi connectivity index (χ4v) is 4.03. The van der Waals surface area contributed by atoms with Crippen molar-refractivity contribution in [3.05, 3.63) is 53.6 Å². The standard InChI is InChI=1S/C21H21F3N2O3/c1-28-12-16-9-17(10-25-16)26-11-15-6-5-14(8-19(15)20(26)27)13-3-2-4-18(7-13)29-21(22,23)24/h2-8,16-17,25H,9-12H2,1H3/t16-,17+/m0/s1. The molecule has 8 heteroatoms. The molecule has 1 amide bonds. The Morgan fingerprint density at radius 3 is 2.72 bits per heavy atom. The Kier molecular flexibility index (Phi) is 5.23. The predicted molar refractivity (Wildman–Crippen MR) is 101 cm³/mol. The number of methoxy groups -OCH3 is 1. The lowest BCUT2D eigenvalue weighted by Gasteiger charge is -2.23. The number of carbonyl (C=O) groups is 1. The lowest BCUT2D eigenvalue weighted by atomic mass is 10.0. The van der Waals surface area contributed by atoms with Crippen LogP contribution in [0.1, 0.15) is 22.3 Å². The molecular formula is C21H21F3N2O3. The Hall–Kier alpha value is -2.58. The second kappa shape index (κ2) is 7.68. The van der Waals surface area contributed by atoms with Gasteiger partial charge in [-0.25, -0.2) is 0 Å². The highest BCUT2D eigenvalue weighted by atomic mass is 19.4. The molecule has 0 saturated carbocycles. The van der Waals surface area contributed by atoms with Crippen molar-refractivity contribution in [3.63, 3.8) is 0 Å². The number of hydrogen-bond donors (Lipinski definition) is 1. The van der Waals surface area contributed by atoms with Crippen LogP contribution < -0.4 is 10.1 Å².